The molecule has 1 aliphatic rings. The minimum atomic E-state index is -0.935. The lowest BCUT2D eigenvalue weighted by Crippen LogP contribution is -2.34. The monoisotopic (exact) mass is 372 g/mol. The smallest absolute Gasteiger partial charge is 0.335 e. The summed E-state index contributed by atoms with van der Waals surface area (Å²) in [5, 5.41) is 11.2. The van der Waals surface area contributed by atoms with Crippen LogP contribution in [0.3, 0.4) is 0 Å². The molecule has 0 spiro atoms. The molecular formula is C23H20N2O3. The fraction of sp³-hybridized carbons (Fsp3) is 0.0870. The number of aromatic carboxylic acids is 1. The van der Waals surface area contributed by atoms with Crippen molar-refractivity contribution in [2.24, 2.45) is 0 Å². The van der Waals surface area contributed by atoms with Crippen molar-refractivity contribution >= 4 is 17.4 Å². The zero-order valence-corrected chi connectivity index (χ0v) is 15.4. The Hall–Kier alpha value is -3.73. The molecule has 3 aromatic rings. The Morgan fingerprint density at radius 3 is 2.25 bits per heavy atom. The molecule has 0 radical (unpaired) electrons. The summed E-state index contributed by atoms with van der Waals surface area (Å²) in [6, 6.07) is 24.9. The molecule has 0 amide bonds. The van der Waals surface area contributed by atoms with Crippen LogP contribution in [0, 0.1) is 0 Å². The summed E-state index contributed by atoms with van der Waals surface area (Å²) < 4.78 is 5.27. The molecule has 1 atom stereocenters. The Balaban J connectivity index is 1.71. The average Bonchev–Trinajstić information content (AvgIpc) is 3.20. The van der Waals surface area contributed by atoms with Crippen molar-refractivity contribution in [3.05, 3.63) is 102 Å². The van der Waals surface area contributed by atoms with Gasteiger partial charge in [-0.05, 0) is 53.6 Å². The summed E-state index contributed by atoms with van der Waals surface area (Å²) >= 11 is 0. The van der Waals surface area contributed by atoms with Crippen LogP contribution < -0.4 is 15.2 Å². The molecule has 5 nitrogen and oxygen atoms in total. The van der Waals surface area contributed by atoms with Crippen LogP contribution in [-0.4, -0.2) is 18.2 Å². The molecule has 3 aromatic carbocycles. The third-order valence-electron chi connectivity index (χ3n) is 4.78. The Bertz CT molecular complexity index is 996. The Kier molecular flexibility index (Phi) is 4.72. The fourth-order valence-corrected chi connectivity index (χ4v) is 3.28. The van der Waals surface area contributed by atoms with Gasteiger partial charge in [-0.3, -0.25) is 10.4 Å². The molecule has 28 heavy (non-hydrogen) atoms. The number of carboxylic acids is 1. The van der Waals surface area contributed by atoms with Gasteiger partial charge in [0.25, 0.3) is 0 Å². The standard InChI is InChI=1S/C23H20N2O3/c1-28-20-13-9-17(10-14-20)22-15-21(16-5-3-2-4-6-16)24-25(22)19-11-7-18(8-12-19)23(26)27/h2-15,22,24H,1H3,(H,26,27). The van der Waals surface area contributed by atoms with Crippen LogP contribution in [0.5, 0.6) is 5.75 Å². The van der Waals surface area contributed by atoms with E-state index in [1.54, 1.807) is 19.2 Å². The molecule has 1 unspecified atom stereocenters. The number of hydrogen-bond acceptors (Lipinski definition) is 4. The van der Waals surface area contributed by atoms with Gasteiger partial charge in [-0.25, -0.2) is 4.79 Å². The van der Waals surface area contributed by atoms with Crippen LogP contribution in [0.15, 0.2) is 84.9 Å². The minimum absolute atomic E-state index is 0.0446. The average molecular weight is 372 g/mol. The number of benzene rings is 3. The first kappa shape index (κ1) is 17.7. The summed E-state index contributed by atoms with van der Waals surface area (Å²) in [5.41, 5.74) is 7.80. The molecule has 0 aromatic heterocycles. The van der Waals surface area contributed by atoms with E-state index in [1.807, 2.05) is 59.6 Å². The van der Waals surface area contributed by atoms with Gasteiger partial charge in [0.1, 0.15) is 5.75 Å². The van der Waals surface area contributed by atoms with Crippen molar-refractivity contribution in [3.63, 3.8) is 0 Å². The lowest BCUT2D eigenvalue weighted by atomic mass is 10.0. The first-order valence-corrected chi connectivity index (χ1v) is 8.96. The lowest BCUT2D eigenvalue weighted by Gasteiger charge is -2.28. The third-order valence-corrected chi connectivity index (χ3v) is 4.78. The van der Waals surface area contributed by atoms with E-state index in [4.69, 9.17) is 9.84 Å². The van der Waals surface area contributed by atoms with Gasteiger partial charge in [0.15, 0.2) is 0 Å². The van der Waals surface area contributed by atoms with Gasteiger partial charge in [-0.1, -0.05) is 42.5 Å². The number of hydrazine groups is 1. The van der Waals surface area contributed by atoms with Crippen molar-refractivity contribution in [2.45, 2.75) is 6.04 Å². The molecule has 1 heterocycles. The van der Waals surface area contributed by atoms with E-state index in [-0.39, 0.29) is 11.6 Å². The molecule has 140 valence electrons. The number of hydrogen-bond donors (Lipinski definition) is 2. The molecule has 0 fully saturated rings. The highest BCUT2D eigenvalue weighted by atomic mass is 16.5. The SMILES string of the molecule is COc1ccc(C2C=C(c3ccccc3)NN2c2ccc(C(=O)O)cc2)cc1. The summed E-state index contributed by atoms with van der Waals surface area (Å²) in [4.78, 5) is 11.2. The van der Waals surface area contributed by atoms with E-state index >= 15 is 0 Å². The molecule has 0 bridgehead atoms. The normalized spacial score (nSPS) is 15.7. The predicted octanol–water partition coefficient (Wildman–Crippen LogP) is 4.50. The van der Waals surface area contributed by atoms with E-state index in [9.17, 15) is 4.79 Å². The minimum Gasteiger partial charge on any atom is -0.497 e. The topological polar surface area (TPSA) is 61.8 Å². The van der Waals surface area contributed by atoms with Gasteiger partial charge in [0.2, 0.25) is 0 Å². The number of methoxy groups -OCH3 is 1. The van der Waals surface area contributed by atoms with E-state index in [0.717, 1.165) is 28.3 Å². The molecule has 1 aliphatic heterocycles. The van der Waals surface area contributed by atoms with Gasteiger partial charge in [0.05, 0.1) is 30.1 Å². The van der Waals surface area contributed by atoms with E-state index < -0.39 is 5.97 Å². The molecular weight excluding hydrogens is 352 g/mol. The van der Waals surface area contributed by atoms with Crippen molar-refractivity contribution in [1.82, 2.24) is 5.43 Å². The maximum Gasteiger partial charge on any atom is 0.335 e. The largest absolute Gasteiger partial charge is 0.497 e. The van der Waals surface area contributed by atoms with Crippen molar-refractivity contribution in [1.29, 1.82) is 0 Å². The second-order valence-corrected chi connectivity index (χ2v) is 6.50. The predicted molar refractivity (Wildman–Crippen MR) is 109 cm³/mol. The first-order chi connectivity index (χ1) is 13.7. The zero-order chi connectivity index (χ0) is 19.5. The number of carboxylic acid groups (broad SMARTS) is 1. The third kappa shape index (κ3) is 3.42. The quantitative estimate of drug-likeness (QED) is 0.690. The van der Waals surface area contributed by atoms with E-state index in [0.29, 0.717) is 0 Å². The van der Waals surface area contributed by atoms with Gasteiger partial charge < -0.3 is 9.84 Å². The Morgan fingerprint density at radius 1 is 0.964 bits per heavy atom. The van der Waals surface area contributed by atoms with Gasteiger partial charge in [-0.15, -0.1) is 0 Å². The maximum absolute atomic E-state index is 11.2. The van der Waals surface area contributed by atoms with Crippen molar-refractivity contribution < 1.29 is 14.6 Å². The zero-order valence-electron chi connectivity index (χ0n) is 15.4. The summed E-state index contributed by atoms with van der Waals surface area (Å²) in [7, 11) is 1.65. The van der Waals surface area contributed by atoms with Gasteiger partial charge >= 0.3 is 5.97 Å². The number of carbonyl (C=O) groups is 1. The van der Waals surface area contributed by atoms with E-state index in [1.165, 1.54) is 0 Å². The van der Waals surface area contributed by atoms with Crippen LogP contribution in [0.4, 0.5) is 5.69 Å². The molecule has 0 saturated carbocycles. The Labute approximate surface area is 163 Å². The fourth-order valence-electron chi connectivity index (χ4n) is 3.28. The molecule has 0 saturated heterocycles. The van der Waals surface area contributed by atoms with Gasteiger partial charge in [0, 0.05) is 0 Å². The number of nitrogens with one attached hydrogen (secondary N) is 1. The summed E-state index contributed by atoms with van der Waals surface area (Å²) in [6.07, 6.45) is 2.17. The summed E-state index contributed by atoms with van der Waals surface area (Å²) in [6.45, 7) is 0. The maximum atomic E-state index is 11.2. The second-order valence-electron chi connectivity index (χ2n) is 6.50. The van der Waals surface area contributed by atoms with Crippen LogP contribution in [0.2, 0.25) is 0 Å². The van der Waals surface area contributed by atoms with E-state index in [2.05, 4.69) is 23.6 Å². The lowest BCUT2D eigenvalue weighted by molar-refractivity contribution is 0.0697. The van der Waals surface area contributed by atoms with Crippen LogP contribution in [-0.2, 0) is 0 Å². The highest BCUT2D eigenvalue weighted by Crippen LogP contribution is 2.35. The number of ether oxygens (including phenoxy) is 1. The highest BCUT2D eigenvalue weighted by molar-refractivity contribution is 5.88. The van der Waals surface area contributed by atoms with Crippen LogP contribution in [0.1, 0.15) is 27.5 Å². The Morgan fingerprint density at radius 2 is 1.64 bits per heavy atom. The summed E-state index contributed by atoms with van der Waals surface area (Å²) in [5.74, 6) is -0.130. The number of nitrogens with zero attached hydrogens (tertiary/aromatic N) is 1. The van der Waals surface area contributed by atoms with Crippen molar-refractivity contribution in [3.8, 4) is 5.75 Å². The number of anilines is 1. The molecule has 2 N–H and O–H groups in total. The second kappa shape index (κ2) is 7.48. The van der Waals surface area contributed by atoms with Gasteiger partial charge in [-0.2, -0.15) is 0 Å². The van der Waals surface area contributed by atoms with Crippen LogP contribution >= 0.6 is 0 Å². The van der Waals surface area contributed by atoms with Crippen molar-refractivity contribution in [2.75, 3.05) is 12.1 Å². The number of rotatable bonds is 5. The molecule has 0 aliphatic carbocycles. The highest BCUT2D eigenvalue weighted by Gasteiger charge is 2.27. The first-order valence-electron chi connectivity index (χ1n) is 8.96. The van der Waals surface area contributed by atoms with Crippen LogP contribution in [0.25, 0.3) is 5.70 Å². The molecule has 5 heteroatoms. The molecule has 4 rings (SSSR count).